The molecule has 134 valence electrons. The Kier molecular flexibility index (Phi) is 5.24. The van der Waals surface area contributed by atoms with Crippen molar-refractivity contribution < 1.29 is 0 Å². The number of rotatable bonds is 5. The van der Waals surface area contributed by atoms with E-state index >= 15 is 0 Å². The van der Waals surface area contributed by atoms with Crippen LogP contribution in [0.2, 0.25) is 0 Å². The summed E-state index contributed by atoms with van der Waals surface area (Å²) in [4.78, 5) is 2.19. The number of nitrogens with zero attached hydrogens (tertiary/aromatic N) is 1. The minimum Gasteiger partial charge on any atom is -0.305 e. The lowest BCUT2D eigenvalue weighted by Gasteiger charge is -2.17. The van der Waals surface area contributed by atoms with Gasteiger partial charge in [-0.25, -0.2) is 0 Å². The molecule has 0 aliphatic heterocycles. The molecule has 1 N–H and O–H groups in total. The van der Waals surface area contributed by atoms with E-state index in [1.165, 1.54) is 27.8 Å². The molecule has 2 heteroatoms. The molecule has 0 heterocycles. The van der Waals surface area contributed by atoms with Crippen molar-refractivity contribution in [3.8, 4) is 0 Å². The molecular weight excluding hydrogens is 316 g/mol. The highest BCUT2D eigenvalue weighted by Crippen LogP contribution is 2.31. The molecule has 0 fully saturated rings. The van der Waals surface area contributed by atoms with Gasteiger partial charge in [-0.3, -0.25) is 5.41 Å². The highest BCUT2D eigenvalue weighted by atomic mass is 15.0. The molecule has 0 amide bonds. The molecule has 2 aromatic rings. The number of nitrogens with one attached hydrogen (secondary N) is 1. The summed E-state index contributed by atoms with van der Waals surface area (Å²) in [6, 6.07) is 12.6. The highest BCUT2D eigenvalue weighted by Gasteiger charge is 2.19. The lowest BCUT2D eigenvalue weighted by molar-refractivity contribution is 0.449. The van der Waals surface area contributed by atoms with Crippen LogP contribution in [-0.2, 0) is 0 Å². The molecule has 0 bridgehead atoms. The number of hydrogen-bond donors (Lipinski definition) is 1. The van der Waals surface area contributed by atoms with Crippen LogP contribution in [0, 0.1) is 26.2 Å². The summed E-state index contributed by atoms with van der Waals surface area (Å²) in [5, 5.41) is 8.89. The molecule has 2 aromatic carbocycles. The van der Waals surface area contributed by atoms with Gasteiger partial charge in [0.2, 0.25) is 0 Å². The Morgan fingerprint density at radius 1 is 0.962 bits per heavy atom. The van der Waals surface area contributed by atoms with Crippen LogP contribution in [0.3, 0.4) is 0 Å². The third kappa shape index (κ3) is 3.56. The summed E-state index contributed by atoms with van der Waals surface area (Å²) >= 11 is 0. The van der Waals surface area contributed by atoms with E-state index in [4.69, 9.17) is 5.41 Å². The van der Waals surface area contributed by atoms with Gasteiger partial charge in [-0.2, -0.15) is 0 Å². The zero-order valence-corrected chi connectivity index (χ0v) is 16.4. The number of aryl methyl sites for hydroxylation is 1. The third-order valence-corrected chi connectivity index (χ3v) is 5.33. The zero-order chi connectivity index (χ0) is 18.8. The van der Waals surface area contributed by atoms with Crippen molar-refractivity contribution in [3.05, 3.63) is 93.6 Å². The van der Waals surface area contributed by atoms with Crippen molar-refractivity contribution in [2.24, 2.45) is 0 Å². The van der Waals surface area contributed by atoms with Crippen molar-refractivity contribution in [3.63, 3.8) is 0 Å². The van der Waals surface area contributed by atoms with E-state index in [9.17, 15) is 0 Å². The van der Waals surface area contributed by atoms with Gasteiger partial charge in [0.05, 0.1) is 5.71 Å². The fourth-order valence-corrected chi connectivity index (χ4v) is 3.62. The average Bonchev–Trinajstić information content (AvgIpc) is 3.07. The number of hydrogen-bond acceptors (Lipinski definition) is 2. The fourth-order valence-electron chi connectivity index (χ4n) is 3.62. The molecule has 26 heavy (non-hydrogen) atoms. The molecule has 1 aliphatic rings. The van der Waals surface area contributed by atoms with Crippen LogP contribution in [0.25, 0.3) is 0 Å². The third-order valence-electron chi connectivity index (χ3n) is 5.33. The maximum atomic E-state index is 8.89. The second-order valence-electron chi connectivity index (χ2n) is 7.51. The van der Waals surface area contributed by atoms with E-state index in [1.54, 1.807) is 0 Å². The predicted octanol–water partition coefficient (Wildman–Crippen LogP) is 5.17. The van der Waals surface area contributed by atoms with Gasteiger partial charge >= 0.3 is 0 Å². The minimum atomic E-state index is 0.244. The Morgan fingerprint density at radius 3 is 2.42 bits per heavy atom. The van der Waals surface area contributed by atoms with Crippen molar-refractivity contribution in [1.29, 1.82) is 5.41 Å². The van der Waals surface area contributed by atoms with Crippen LogP contribution in [-0.4, -0.2) is 31.3 Å². The number of benzene rings is 2. The van der Waals surface area contributed by atoms with Gasteiger partial charge in [0.15, 0.2) is 0 Å². The maximum Gasteiger partial charge on any atom is 0.0690 e. The number of allylic oxidation sites excluding steroid dienone is 2. The maximum absolute atomic E-state index is 8.89. The fraction of sp³-hybridized carbons (Fsp3) is 0.292. The van der Waals surface area contributed by atoms with Crippen molar-refractivity contribution in [2.75, 3.05) is 20.6 Å². The highest BCUT2D eigenvalue weighted by molar-refractivity contribution is 6.13. The molecule has 0 saturated carbocycles. The van der Waals surface area contributed by atoms with E-state index in [0.717, 1.165) is 17.7 Å². The van der Waals surface area contributed by atoms with Gasteiger partial charge < -0.3 is 4.90 Å². The second kappa shape index (κ2) is 7.43. The Labute approximate surface area is 157 Å². The average molecular weight is 345 g/mol. The summed E-state index contributed by atoms with van der Waals surface area (Å²) in [6.07, 6.45) is 6.78. The second-order valence-corrected chi connectivity index (χ2v) is 7.51. The van der Waals surface area contributed by atoms with Crippen LogP contribution in [0.15, 0.2) is 60.2 Å². The van der Waals surface area contributed by atoms with E-state index in [0.29, 0.717) is 5.71 Å². The minimum absolute atomic E-state index is 0.244. The van der Waals surface area contributed by atoms with Crippen molar-refractivity contribution >= 4 is 5.71 Å². The Balaban J connectivity index is 1.99. The standard InChI is InChI=1S/C24H28N2/c1-16-10-13-21(18(3)17(16)2)24(25)23-9-7-6-8-22(23)20-12-11-19(14-20)15-26(4)5/h6-14,20,25H,15H2,1-5H3. The Bertz CT molecular complexity index is 900. The van der Waals surface area contributed by atoms with Gasteiger partial charge in [0, 0.05) is 23.6 Å². The molecule has 1 atom stereocenters. The van der Waals surface area contributed by atoms with Crippen LogP contribution >= 0.6 is 0 Å². The summed E-state index contributed by atoms with van der Waals surface area (Å²) in [7, 11) is 4.18. The largest absolute Gasteiger partial charge is 0.305 e. The first-order valence-corrected chi connectivity index (χ1v) is 9.17. The van der Waals surface area contributed by atoms with Gasteiger partial charge in [0.25, 0.3) is 0 Å². The van der Waals surface area contributed by atoms with Gasteiger partial charge in [-0.15, -0.1) is 0 Å². The quantitative estimate of drug-likeness (QED) is 0.744. The summed E-state index contributed by atoms with van der Waals surface area (Å²) in [5.41, 5.74) is 8.97. The Hall–Kier alpha value is -2.45. The van der Waals surface area contributed by atoms with E-state index < -0.39 is 0 Å². The Morgan fingerprint density at radius 2 is 1.69 bits per heavy atom. The van der Waals surface area contributed by atoms with E-state index in [1.807, 2.05) is 6.07 Å². The normalized spacial score (nSPS) is 16.2. The molecule has 0 aromatic heterocycles. The first-order chi connectivity index (χ1) is 12.4. The van der Waals surface area contributed by atoms with E-state index in [-0.39, 0.29) is 5.92 Å². The molecular formula is C24H28N2. The molecule has 3 rings (SSSR count). The lowest BCUT2D eigenvalue weighted by Crippen LogP contribution is -2.13. The summed E-state index contributed by atoms with van der Waals surface area (Å²) in [6.45, 7) is 7.34. The van der Waals surface area contributed by atoms with Crippen molar-refractivity contribution in [1.82, 2.24) is 4.90 Å². The van der Waals surface area contributed by atoms with Crippen molar-refractivity contribution in [2.45, 2.75) is 26.7 Å². The molecule has 2 nitrogen and oxygen atoms in total. The predicted molar refractivity (Wildman–Crippen MR) is 112 cm³/mol. The first kappa shape index (κ1) is 18.3. The summed E-state index contributed by atoms with van der Waals surface area (Å²) < 4.78 is 0. The van der Waals surface area contributed by atoms with Gasteiger partial charge in [-0.1, -0.05) is 54.6 Å². The van der Waals surface area contributed by atoms with Crippen LogP contribution in [0.1, 0.15) is 39.3 Å². The van der Waals surface area contributed by atoms with Crippen LogP contribution in [0.5, 0.6) is 0 Å². The molecule has 0 saturated heterocycles. The molecule has 0 radical (unpaired) electrons. The summed E-state index contributed by atoms with van der Waals surface area (Å²) in [5.74, 6) is 0.244. The first-order valence-electron chi connectivity index (χ1n) is 9.17. The molecule has 1 unspecified atom stereocenters. The van der Waals surface area contributed by atoms with Gasteiger partial charge in [0.1, 0.15) is 0 Å². The monoisotopic (exact) mass is 344 g/mol. The topological polar surface area (TPSA) is 27.1 Å². The SMILES string of the molecule is Cc1ccc(C(=N)c2ccccc2C2C=CC(CN(C)C)=C2)c(C)c1C. The zero-order valence-electron chi connectivity index (χ0n) is 16.4. The molecule has 0 spiro atoms. The number of likely N-dealkylation sites (N-methyl/N-ethyl adjacent to an activating group) is 1. The van der Waals surface area contributed by atoms with Gasteiger partial charge in [-0.05, 0) is 62.7 Å². The molecule has 1 aliphatic carbocycles. The van der Waals surface area contributed by atoms with Crippen LogP contribution < -0.4 is 0 Å². The van der Waals surface area contributed by atoms with E-state index in [2.05, 4.69) is 88.3 Å². The van der Waals surface area contributed by atoms with Crippen LogP contribution in [0.4, 0.5) is 0 Å². The smallest absolute Gasteiger partial charge is 0.0690 e. The lowest BCUT2D eigenvalue weighted by atomic mass is 9.87.